The van der Waals surface area contributed by atoms with Crippen molar-refractivity contribution in [1.29, 1.82) is 0 Å². The first-order valence-corrected chi connectivity index (χ1v) is 16.2. The van der Waals surface area contributed by atoms with Gasteiger partial charge in [-0.15, -0.1) is 53.7 Å². The van der Waals surface area contributed by atoms with Crippen molar-refractivity contribution in [3.8, 4) is 11.3 Å². The van der Waals surface area contributed by atoms with E-state index in [0.717, 1.165) is 11.3 Å². The molecule has 4 aromatic carbocycles. The van der Waals surface area contributed by atoms with Crippen LogP contribution in [0.1, 0.15) is 62.8 Å². The molecule has 2 aliphatic heterocycles. The van der Waals surface area contributed by atoms with Crippen molar-refractivity contribution in [2.75, 3.05) is 9.80 Å². The van der Waals surface area contributed by atoms with Crippen LogP contribution in [-0.2, 0) is 30.9 Å². The quantitative estimate of drug-likeness (QED) is 0.166. The van der Waals surface area contributed by atoms with E-state index < -0.39 is 0 Å². The minimum Gasteiger partial charge on any atom is -0.492 e. The van der Waals surface area contributed by atoms with Gasteiger partial charge in [0.25, 0.3) is 0 Å². The number of hydrogen-bond donors (Lipinski definition) is 0. The minimum absolute atomic E-state index is 0. The van der Waals surface area contributed by atoms with Gasteiger partial charge in [0.05, 0.1) is 0 Å². The van der Waals surface area contributed by atoms with E-state index in [1.54, 1.807) is 6.20 Å². The van der Waals surface area contributed by atoms with E-state index in [-0.39, 0.29) is 30.9 Å². The maximum atomic E-state index is 4.22. The van der Waals surface area contributed by atoms with Crippen LogP contribution in [0.2, 0.25) is 0 Å². The van der Waals surface area contributed by atoms with E-state index >= 15 is 0 Å². The second kappa shape index (κ2) is 12.1. The average Bonchev–Trinajstić information content (AvgIpc) is 3.41. The Balaban J connectivity index is 0.000000231. The van der Waals surface area contributed by atoms with Crippen LogP contribution in [0.4, 0.5) is 22.7 Å². The fourth-order valence-electron chi connectivity index (χ4n) is 6.80. The van der Waals surface area contributed by atoms with Gasteiger partial charge in [0.2, 0.25) is 0 Å². The van der Waals surface area contributed by atoms with Crippen LogP contribution in [0.3, 0.4) is 0 Å². The molecule has 3 heterocycles. The number of aryl methyl sites for hydroxylation is 2. The van der Waals surface area contributed by atoms with E-state index in [4.69, 9.17) is 0 Å². The van der Waals surface area contributed by atoms with Crippen LogP contribution >= 0.6 is 11.8 Å². The Kier molecular flexibility index (Phi) is 8.50. The van der Waals surface area contributed by atoms with Gasteiger partial charge < -0.3 is 14.8 Å². The third kappa shape index (κ3) is 5.76. The summed E-state index contributed by atoms with van der Waals surface area (Å²) >= 11 is 1.94. The smallest absolute Gasteiger partial charge is 0.492 e. The van der Waals surface area contributed by atoms with Crippen molar-refractivity contribution in [3.05, 3.63) is 132 Å². The van der Waals surface area contributed by atoms with Crippen molar-refractivity contribution in [1.82, 2.24) is 4.98 Å². The zero-order valence-electron chi connectivity index (χ0n) is 26.7. The van der Waals surface area contributed by atoms with Crippen LogP contribution in [0.15, 0.2) is 101 Å². The fourth-order valence-corrected chi connectivity index (χ4v) is 8.21. The standard InChI is InChI=1S/C29H30N2S.C11H8N.Ir/c1-18-14-19(2)16-20(15-18)30-17-31-23-11-10-21-25(29(5,6)13-12-28(21,3)4)27(23)32-24-9-7-8-22(30)26(24)31;1-2-6-10(7-3-1)11-8-4-5-9-12-11;/h7-10,14-17H,12-13H2,1-6H3;1-6,8-9H;/q-2;-1;+3. The second-order valence-corrected chi connectivity index (χ2v) is 14.5. The first-order chi connectivity index (χ1) is 21.1. The third-order valence-electron chi connectivity index (χ3n) is 9.14. The molecule has 228 valence electrons. The second-order valence-electron chi connectivity index (χ2n) is 13.4. The van der Waals surface area contributed by atoms with E-state index in [1.807, 2.05) is 54.2 Å². The molecule has 45 heavy (non-hydrogen) atoms. The Morgan fingerprint density at radius 3 is 2.29 bits per heavy atom. The molecule has 0 fully saturated rings. The van der Waals surface area contributed by atoms with Crippen molar-refractivity contribution >= 4 is 34.5 Å². The molecule has 5 heteroatoms. The Labute approximate surface area is 286 Å². The summed E-state index contributed by atoms with van der Waals surface area (Å²) in [6.07, 6.45) is 4.23. The number of nitrogens with zero attached hydrogens (tertiary/aromatic N) is 3. The molecule has 3 nitrogen and oxygen atoms in total. The number of aromatic nitrogens is 1. The van der Waals surface area contributed by atoms with Crippen LogP contribution in [0.5, 0.6) is 0 Å². The minimum atomic E-state index is 0. The van der Waals surface area contributed by atoms with Gasteiger partial charge in [-0.05, 0) is 72.8 Å². The van der Waals surface area contributed by atoms with E-state index in [2.05, 4.69) is 118 Å². The maximum Gasteiger partial charge on any atom is 3.00 e. The Morgan fingerprint density at radius 2 is 1.58 bits per heavy atom. The molecule has 0 unspecified atom stereocenters. The first-order valence-electron chi connectivity index (χ1n) is 15.4. The average molecular weight is 785 g/mol. The molecule has 0 spiro atoms. The van der Waals surface area contributed by atoms with Crippen molar-refractivity contribution in [2.24, 2.45) is 0 Å². The molecule has 0 saturated heterocycles. The van der Waals surface area contributed by atoms with Gasteiger partial charge in [0, 0.05) is 28.2 Å². The van der Waals surface area contributed by atoms with E-state index in [9.17, 15) is 0 Å². The summed E-state index contributed by atoms with van der Waals surface area (Å²) < 4.78 is 0. The normalized spacial score (nSPS) is 16.4. The third-order valence-corrected chi connectivity index (χ3v) is 10.3. The summed E-state index contributed by atoms with van der Waals surface area (Å²) in [6, 6.07) is 36.3. The molecular formula is C40H38IrN3S. The predicted octanol–water partition coefficient (Wildman–Crippen LogP) is 10.9. The molecule has 8 rings (SSSR count). The Morgan fingerprint density at radius 1 is 0.822 bits per heavy atom. The van der Waals surface area contributed by atoms with Gasteiger partial charge in [0.15, 0.2) is 0 Å². The molecular weight excluding hydrogens is 747 g/mol. The van der Waals surface area contributed by atoms with E-state index in [1.165, 1.54) is 67.6 Å². The molecule has 0 amide bonds. The zero-order valence-corrected chi connectivity index (χ0v) is 29.9. The molecule has 1 aromatic heterocycles. The number of para-hydroxylation sites is 1. The zero-order chi connectivity index (χ0) is 30.6. The molecule has 0 bridgehead atoms. The Hall–Kier alpha value is -3.37. The van der Waals surface area contributed by atoms with Crippen molar-refractivity contribution in [3.63, 3.8) is 0 Å². The van der Waals surface area contributed by atoms with Gasteiger partial charge in [-0.2, -0.15) is 23.9 Å². The molecule has 0 atom stereocenters. The molecule has 0 N–H and O–H groups in total. The number of fused-ring (bicyclic) bond motifs is 4. The van der Waals surface area contributed by atoms with Crippen molar-refractivity contribution < 1.29 is 20.1 Å². The fraction of sp³-hybridized carbons (Fsp3) is 0.250. The van der Waals surface area contributed by atoms with Crippen LogP contribution < -0.4 is 9.80 Å². The number of hydrogen-bond acceptors (Lipinski definition) is 4. The largest absolute Gasteiger partial charge is 3.00 e. The SMILES string of the molecule is Cc1cc(C)cc(N2[CH-]N3c4[c-]cc5c(c4Sc4cccc2c43)C(C)(C)CCC5(C)C)c1.[Ir+3].[c-]1ccccc1-c1ccccn1. The summed E-state index contributed by atoms with van der Waals surface area (Å²) in [4.78, 5) is 11.7. The van der Waals surface area contributed by atoms with Gasteiger partial charge in [-0.1, -0.05) is 74.4 Å². The number of pyridine rings is 1. The molecule has 0 radical (unpaired) electrons. The summed E-state index contributed by atoms with van der Waals surface area (Å²) in [6.45, 7) is 16.2. The predicted molar refractivity (Wildman–Crippen MR) is 184 cm³/mol. The van der Waals surface area contributed by atoms with E-state index in [0.29, 0.717) is 0 Å². The number of benzene rings is 4. The molecule has 1 aliphatic carbocycles. The first kappa shape index (κ1) is 31.6. The van der Waals surface area contributed by atoms with Crippen LogP contribution in [0, 0.1) is 32.6 Å². The summed E-state index contributed by atoms with van der Waals surface area (Å²) in [5.41, 5.74) is 12.9. The van der Waals surface area contributed by atoms with Crippen molar-refractivity contribution in [2.45, 2.75) is 75.0 Å². The monoisotopic (exact) mass is 785 g/mol. The van der Waals surface area contributed by atoms with Gasteiger partial charge >= 0.3 is 20.1 Å². The Bertz CT molecular complexity index is 1790. The molecule has 0 saturated carbocycles. The molecule has 5 aromatic rings. The summed E-state index contributed by atoms with van der Waals surface area (Å²) in [7, 11) is 0. The van der Waals surface area contributed by atoms with Gasteiger partial charge in [0.1, 0.15) is 0 Å². The van der Waals surface area contributed by atoms with Gasteiger partial charge in [-0.25, -0.2) is 0 Å². The topological polar surface area (TPSA) is 19.4 Å². The number of anilines is 4. The summed E-state index contributed by atoms with van der Waals surface area (Å²) in [5.74, 6) is 0. The van der Waals surface area contributed by atoms with Gasteiger partial charge in [-0.3, -0.25) is 0 Å². The van der Waals surface area contributed by atoms with Crippen LogP contribution in [0.25, 0.3) is 11.3 Å². The summed E-state index contributed by atoms with van der Waals surface area (Å²) in [5, 5.41) is 0. The molecule has 3 aliphatic rings. The number of rotatable bonds is 2. The van der Waals surface area contributed by atoms with Crippen LogP contribution in [-0.4, -0.2) is 4.98 Å². The maximum absolute atomic E-state index is 4.22.